The standard InChI is InChI=1S/C20H20N2O5/c1-3-17-15(14-8-4-6-10-18(14)27-17)12-21(2)20(23)13-26-19-11-7-5-9-16(19)22(24)25/h4-11H,3,12-13H2,1-2H3. The van der Waals surface area contributed by atoms with Gasteiger partial charge in [0.15, 0.2) is 12.4 Å². The lowest BCUT2D eigenvalue weighted by Gasteiger charge is -2.17. The number of para-hydroxylation sites is 3. The highest BCUT2D eigenvalue weighted by Gasteiger charge is 2.19. The molecule has 0 N–H and O–H groups in total. The molecular formula is C20H20N2O5. The summed E-state index contributed by atoms with van der Waals surface area (Å²) in [6.07, 6.45) is 0.721. The summed E-state index contributed by atoms with van der Waals surface area (Å²) in [4.78, 5) is 24.5. The average Bonchev–Trinajstić information content (AvgIpc) is 3.03. The van der Waals surface area contributed by atoms with Gasteiger partial charge in [-0.15, -0.1) is 0 Å². The van der Waals surface area contributed by atoms with Crippen LogP contribution in [-0.4, -0.2) is 29.4 Å². The van der Waals surface area contributed by atoms with Crippen LogP contribution in [0.4, 0.5) is 5.69 Å². The summed E-state index contributed by atoms with van der Waals surface area (Å²) in [5.74, 6) is 0.642. The predicted octanol–water partition coefficient (Wildman–Crippen LogP) is 3.94. The van der Waals surface area contributed by atoms with Gasteiger partial charge in [0, 0.05) is 37.0 Å². The van der Waals surface area contributed by atoms with Crippen molar-refractivity contribution in [2.24, 2.45) is 0 Å². The molecule has 0 aliphatic carbocycles. The number of carbonyl (C=O) groups is 1. The van der Waals surface area contributed by atoms with E-state index in [1.807, 2.05) is 31.2 Å². The summed E-state index contributed by atoms with van der Waals surface area (Å²) in [6, 6.07) is 13.7. The fraction of sp³-hybridized carbons (Fsp3) is 0.250. The molecular weight excluding hydrogens is 348 g/mol. The number of aryl methyl sites for hydroxylation is 1. The van der Waals surface area contributed by atoms with E-state index in [9.17, 15) is 14.9 Å². The van der Waals surface area contributed by atoms with Gasteiger partial charge in [0.25, 0.3) is 5.91 Å². The topological polar surface area (TPSA) is 85.8 Å². The first-order chi connectivity index (χ1) is 13.0. The minimum Gasteiger partial charge on any atom is -0.477 e. The summed E-state index contributed by atoms with van der Waals surface area (Å²) in [7, 11) is 1.67. The lowest BCUT2D eigenvalue weighted by molar-refractivity contribution is -0.385. The molecule has 27 heavy (non-hydrogen) atoms. The van der Waals surface area contributed by atoms with Crippen LogP contribution >= 0.6 is 0 Å². The molecule has 3 aromatic rings. The monoisotopic (exact) mass is 368 g/mol. The van der Waals surface area contributed by atoms with Crippen LogP contribution in [0.1, 0.15) is 18.2 Å². The zero-order chi connectivity index (χ0) is 19.4. The molecule has 140 valence electrons. The smallest absolute Gasteiger partial charge is 0.310 e. The number of hydrogen-bond donors (Lipinski definition) is 0. The van der Waals surface area contributed by atoms with E-state index in [1.165, 1.54) is 17.0 Å². The summed E-state index contributed by atoms with van der Waals surface area (Å²) in [6.45, 7) is 2.10. The molecule has 0 aliphatic heterocycles. The average molecular weight is 368 g/mol. The molecule has 1 amide bonds. The Hall–Kier alpha value is -3.35. The molecule has 0 fully saturated rings. The largest absolute Gasteiger partial charge is 0.477 e. The number of nitrogens with zero attached hydrogens (tertiary/aromatic N) is 2. The molecule has 0 aliphatic rings. The van der Waals surface area contributed by atoms with Crippen molar-refractivity contribution in [2.75, 3.05) is 13.7 Å². The van der Waals surface area contributed by atoms with Gasteiger partial charge in [0.2, 0.25) is 0 Å². The van der Waals surface area contributed by atoms with Crippen molar-refractivity contribution in [1.29, 1.82) is 0 Å². The molecule has 7 nitrogen and oxygen atoms in total. The summed E-state index contributed by atoms with van der Waals surface area (Å²) in [5.41, 5.74) is 1.60. The van der Waals surface area contributed by atoms with Crippen LogP contribution in [0.3, 0.4) is 0 Å². The van der Waals surface area contributed by atoms with Gasteiger partial charge >= 0.3 is 5.69 Å². The van der Waals surface area contributed by atoms with E-state index in [4.69, 9.17) is 9.15 Å². The van der Waals surface area contributed by atoms with Crippen molar-refractivity contribution in [1.82, 2.24) is 4.90 Å². The van der Waals surface area contributed by atoms with Crippen LogP contribution in [0.25, 0.3) is 11.0 Å². The maximum atomic E-state index is 12.5. The molecule has 0 radical (unpaired) electrons. The summed E-state index contributed by atoms with van der Waals surface area (Å²) >= 11 is 0. The van der Waals surface area contributed by atoms with Crippen molar-refractivity contribution in [3.05, 3.63) is 70.0 Å². The molecule has 1 aromatic heterocycles. The third kappa shape index (κ3) is 3.92. The molecule has 1 heterocycles. The highest BCUT2D eigenvalue weighted by atomic mass is 16.6. The van der Waals surface area contributed by atoms with Gasteiger partial charge in [-0.25, -0.2) is 0 Å². The summed E-state index contributed by atoms with van der Waals surface area (Å²) < 4.78 is 11.2. The van der Waals surface area contributed by atoms with Gasteiger partial charge in [0.1, 0.15) is 11.3 Å². The Labute approximate surface area is 156 Å². The van der Waals surface area contributed by atoms with E-state index in [0.29, 0.717) is 6.54 Å². The van der Waals surface area contributed by atoms with Crippen LogP contribution in [-0.2, 0) is 17.8 Å². The van der Waals surface area contributed by atoms with E-state index in [2.05, 4.69) is 0 Å². The van der Waals surface area contributed by atoms with E-state index in [1.54, 1.807) is 19.2 Å². The first-order valence-electron chi connectivity index (χ1n) is 8.60. The maximum absolute atomic E-state index is 12.5. The van der Waals surface area contributed by atoms with Crippen molar-refractivity contribution < 1.29 is 18.9 Å². The van der Waals surface area contributed by atoms with Gasteiger partial charge < -0.3 is 14.1 Å². The van der Waals surface area contributed by atoms with Gasteiger partial charge in [-0.2, -0.15) is 0 Å². The number of nitro benzene ring substituents is 1. The zero-order valence-electron chi connectivity index (χ0n) is 15.2. The van der Waals surface area contributed by atoms with Crippen LogP contribution in [0, 0.1) is 10.1 Å². The Bertz CT molecular complexity index is 979. The lowest BCUT2D eigenvalue weighted by Crippen LogP contribution is -2.31. The van der Waals surface area contributed by atoms with Gasteiger partial charge in [-0.05, 0) is 12.1 Å². The minimum atomic E-state index is -0.533. The molecule has 2 aromatic carbocycles. The van der Waals surface area contributed by atoms with Crippen LogP contribution in [0.5, 0.6) is 5.75 Å². The Kier molecular flexibility index (Phi) is 5.40. The quantitative estimate of drug-likeness (QED) is 0.466. The highest BCUT2D eigenvalue weighted by Crippen LogP contribution is 2.28. The molecule has 0 unspecified atom stereocenters. The number of furan rings is 1. The van der Waals surface area contributed by atoms with Gasteiger partial charge in [-0.3, -0.25) is 14.9 Å². The first kappa shape index (κ1) is 18.4. The fourth-order valence-electron chi connectivity index (χ4n) is 2.91. The van der Waals surface area contributed by atoms with Gasteiger partial charge in [0.05, 0.1) is 4.92 Å². The van der Waals surface area contributed by atoms with E-state index in [-0.39, 0.29) is 24.0 Å². The molecule has 0 saturated carbocycles. The molecule has 3 rings (SSSR count). The zero-order valence-corrected chi connectivity index (χ0v) is 15.2. The number of hydrogen-bond acceptors (Lipinski definition) is 5. The number of rotatable bonds is 7. The third-order valence-corrected chi connectivity index (χ3v) is 4.34. The SMILES string of the molecule is CCc1oc2ccccc2c1CN(C)C(=O)COc1ccccc1[N+](=O)[O-]. The highest BCUT2D eigenvalue weighted by molar-refractivity contribution is 5.83. The molecule has 0 spiro atoms. The Morgan fingerprint density at radius 1 is 1.19 bits per heavy atom. The molecule has 0 saturated heterocycles. The van der Waals surface area contributed by atoms with Gasteiger partial charge in [-0.1, -0.05) is 37.3 Å². The van der Waals surface area contributed by atoms with Crippen LogP contribution < -0.4 is 4.74 Å². The van der Waals surface area contributed by atoms with E-state index in [0.717, 1.165) is 28.7 Å². The minimum absolute atomic E-state index is 0.0762. The van der Waals surface area contributed by atoms with E-state index < -0.39 is 4.92 Å². The Morgan fingerprint density at radius 2 is 1.89 bits per heavy atom. The molecule has 0 atom stereocenters. The van der Waals surface area contributed by atoms with E-state index >= 15 is 0 Å². The Morgan fingerprint density at radius 3 is 2.63 bits per heavy atom. The lowest BCUT2D eigenvalue weighted by atomic mass is 10.1. The number of carbonyl (C=O) groups excluding carboxylic acids is 1. The predicted molar refractivity (Wildman–Crippen MR) is 101 cm³/mol. The number of ether oxygens (including phenoxy) is 1. The second-order valence-electron chi connectivity index (χ2n) is 6.12. The second-order valence-corrected chi connectivity index (χ2v) is 6.12. The normalized spacial score (nSPS) is 10.7. The van der Waals surface area contributed by atoms with Crippen LogP contribution in [0.15, 0.2) is 52.9 Å². The number of likely N-dealkylation sites (N-methyl/N-ethyl adjacent to an activating group) is 1. The first-order valence-corrected chi connectivity index (χ1v) is 8.60. The van der Waals surface area contributed by atoms with Crippen molar-refractivity contribution in [2.45, 2.75) is 19.9 Å². The van der Waals surface area contributed by atoms with Crippen molar-refractivity contribution in [3.8, 4) is 5.75 Å². The molecule has 0 bridgehead atoms. The second kappa shape index (κ2) is 7.90. The number of amides is 1. The van der Waals surface area contributed by atoms with Crippen LogP contribution in [0.2, 0.25) is 0 Å². The number of fused-ring (bicyclic) bond motifs is 1. The van der Waals surface area contributed by atoms with Crippen molar-refractivity contribution >= 4 is 22.6 Å². The maximum Gasteiger partial charge on any atom is 0.310 e. The fourth-order valence-corrected chi connectivity index (χ4v) is 2.91. The molecule has 7 heteroatoms. The van der Waals surface area contributed by atoms with Crippen molar-refractivity contribution in [3.63, 3.8) is 0 Å². The third-order valence-electron chi connectivity index (χ3n) is 4.34. The Balaban J connectivity index is 1.71. The number of benzene rings is 2. The summed E-state index contributed by atoms with van der Waals surface area (Å²) in [5, 5.41) is 12.0. The number of nitro groups is 1.